The Kier molecular flexibility index (Phi) is 9.37. The lowest BCUT2D eigenvalue weighted by Crippen LogP contribution is -2.46. The number of rotatable bonds is 6. The van der Waals surface area contributed by atoms with Gasteiger partial charge in [0.2, 0.25) is 0 Å². The van der Waals surface area contributed by atoms with Crippen molar-refractivity contribution in [3.8, 4) is 5.69 Å². The first-order chi connectivity index (χ1) is 12.6. The SMILES string of the molecule is CCCN(C(=O)c1ccc(-n2ccnc2)c([N+](=O)[O-])c1)C1CCNCC1.Cl.Cl. The maximum absolute atomic E-state index is 13.1. The number of piperidine rings is 1. The molecule has 154 valence electrons. The van der Waals surface area contributed by atoms with Crippen molar-refractivity contribution in [1.82, 2.24) is 19.8 Å². The van der Waals surface area contributed by atoms with E-state index < -0.39 is 4.92 Å². The second-order valence-electron chi connectivity index (χ2n) is 6.41. The number of hydrogen-bond acceptors (Lipinski definition) is 5. The van der Waals surface area contributed by atoms with Crippen LogP contribution in [0.2, 0.25) is 0 Å². The third kappa shape index (κ3) is 5.21. The van der Waals surface area contributed by atoms with Gasteiger partial charge in [0, 0.05) is 36.6 Å². The van der Waals surface area contributed by atoms with Gasteiger partial charge in [-0.2, -0.15) is 0 Å². The highest BCUT2D eigenvalue weighted by Gasteiger charge is 2.27. The van der Waals surface area contributed by atoms with E-state index in [4.69, 9.17) is 0 Å². The lowest BCUT2D eigenvalue weighted by atomic mass is 10.0. The van der Waals surface area contributed by atoms with Gasteiger partial charge in [0.05, 0.1) is 11.3 Å². The fourth-order valence-electron chi connectivity index (χ4n) is 3.40. The number of benzene rings is 1. The van der Waals surface area contributed by atoms with E-state index in [0.717, 1.165) is 32.4 Å². The van der Waals surface area contributed by atoms with E-state index in [1.165, 1.54) is 12.4 Å². The minimum atomic E-state index is -0.458. The molecule has 2 aromatic rings. The molecule has 2 heterocycles. The highest BCUT2D eigenvalue weighted by molar-refractivity contribution is 5.95. The maximum atomic E-state index is 13.1. The van der Waals surface area contributed by atoms with Crippen molar-refractivity contribution < 1.29 is 9.72 Å². The van der Waals surface area contributed by atoms with E-state index in [0.29, 0.717) is 17.8 Å². The van der Waals surface area contributed by atoms with Crippen LogP contribution >= 0.6 is 24.8 Å². The maximum Gasteiger partial charge on any atom is 0.294 e. The average molecular weight is 430 g/mol. The van der Waals surface area contributed by atoms with E-state index >= 15 is 0 Å². The molecule has 28 heavy (non-hydrogen) atoms. The van der Waals surface area contributed by atoms with Crippen molar-refractivity contribution in [1.29, 1.82) is 0 Å². The largest absolute Gasteiger partial charge is 0.336 e. The zero-order valence-electron chi connectivity index (χ0n) is 15.6. The summed E-state index contributed by atoms with van der Waals surface area (Å²) in [6.07, 6.45) is 7.36. The van der Waals surface area contributed by atoms with Gasteiger partial charge in [0.25, 0.3) is 11.6 Å². The van der Waals surface area contributed by atoms with Crippen LogP contribution in [0, 0.1) is 10.1 Å². The predicted octanol–water partition coefficient (Wildman–Crippen LogP) is 3.23. The van der Waals surface area contributed by atoms with Crippen LogP contribution in [0.1, 0.15) is 36.5 Å². The first-order valence-electron chi connectivity index (χ1n) is 8.90. The van der Waals surface area contributed by atoms with Gasteiger partial charge in [-0.1, -0.05) is 6.92 Å². The highest BCUT2D eigenvalue weighted by Crippen LogP contribution is 2.26. The second kappa shape index (κ2) is 11.0. The van der Waals surface area contributed by atoms with Crippen LogP contribution < -0.4 is 5.32 Å². The number of nitrogens with one attached hydrogen (secondary N) is 1. The van der Waals surface area contributed by atoms with Crippen LogP contribution in [-0.4, -0.2) is 51.0 Å². The second-order valence-corrected chi connectivity index (χ2v) is 6.41. The standard InChI is InChI=1S/C18H23N5O3.2ClH/c1-2-10-22(15-5-7-19-8-6-15)18(24)14-3-4-16(17(12-14)23(25)26)21-11-9-20-13-21;;/h3-4,9,11-13,15,19H,2,5-8,10H2,1H3;2*1H. The molecule has 0 saturated carbocycles. The number of halogens is 2. The average Bonchev–Trinajstić information content (AvgIpc) is 3.20. The Morgan fingerprint density at radius 1 is 1.36 bits per heavy atom. The van der Waals surface area contributed by atoms with E-state index in [1.54, 1.807) is 29.1 Å². The fourth-order valence-corrected chi connectivity index (χ4v) is 3.40. The molecule has 0 bridgehead atoms. The summed E-state index contributed by atoms with van der Waals surface area (Å²) in [4.78, 5) is 29.9. The first-order valence-corrected chi connectivity index (χ1v) is 8.90. The number of nitro groups is 1. The minimum Gasteiger partial charge on any atom is -0.336 e. The number of hydrogen-bond donors (Lipinski definition) is 1. The number of imidazole rings is 1. The first kappa shape index (κ1) is 23.9. The van der Waals surface area contributed by atoms with Crippen molar-refractivity contribution in [2.24, 2.45) is 0 Å². The molecule has 0 atom stereocenters. The zero-order chi connectivity index (χ0) is 18.5. The van der Waals surface area contributed by atoms with Crippen molar-refractivity contribution in [3.05, 3.63) is 52.6 Å². The zero-order valence-corrected chi connectivity index (χ0v) is 17.2. The summed E-state index contributed by atoms with van der Waals surface area (Å²) in [5, 5.41) is 14.8. The summed E-state index contributed by atoms with van der Waals surface area (Å²) in [5.74, 6) is -0.140. The molecule has 1 aliphatic heterocycles. The summed E-state index contributed by atoms with van der Waals surface area (Å²) in [5.41, 5.74) is 0.649. The number of amides is 1. The normalized spacial score (nSPS) is 13.9. The predicted molar refractivity (Wildman–Crippen MR) is 112 cm³/mol. The Bertz CT molecular complexity index is 780. The molecule has 1 aromatic heterocycles. The summed E-state index contributed by atoms with van der Waals surface area (Å²) < 4.78 is 1.57. The van der Waals surface area contributed by atoms with Crippen molar-refractivity contribution >= 4 is 36.4 Å². The topological polar surface area (TPSA) is 93.3 Å². The van der Waals surface area contributed by atoms with Gasteiger partial charge in [-0.15, -0.1) is 24.8 Å². The van der Waals surface area contributed by atoms with Crippen LogP contribution in [0.25, 0.3) is 5.69 Å². The Morgan fingerprint density at radius 3 is 2.64 bits per heavy atom. The van der Waals surface area contributed by atoms with E-state index in [9.17, 15) is 14.9 Å². The van der Waals surface area contributed by atoms with E-state index in [-0.39, 0.29) is 42.5 Å². The van der Waals surface area contributed by atoms with E-state index in [1.807, 2.05) is 11.8 Å². The molecule has 0 radical (unpaired) electrons. The Hall–Kier alpha value is -2.16. The summed E-state index contributed by atoms with van der Waals surface area (Å²) in [7, 11) is 0. The molecule has 1 fully saturated rings. The van der Waals surface area contributed by atoms with Crippen LogP contribution in [0.4, 0.5) is 5.69 Å². The van der Waals surface area contributed by atoms with Gasteiger partial charge in [0.1, 0.15) is 5.69 Å². The number of carbonyl (C=O) groups is 1. The minimum absolute atomic E-state index is 0. The molecular weight excluding hydrogens is 405 g/mol. The number of aromatic nitrogens is 2. The highest BCUT2D eigenvalue weighted by atomic mass is 35.5. The number of carbonyl (C=O) groups excluding carboxylic acids is 1. The van der Waals surface area contributed by atoms with Gasteiger partial charge >= 0.3 is 0 Å². The number of nitro benzene ring substituents is 1. The number of nitrogens with zero attached hydrogens (tertiary/aromatic N) is 4. The van der Waals surface area contributed by atoms with Gasteiger partial charge < -0.3 is 14.8 Å². The van der Waals surface area contributed by atoms with Crippen LogP contribution in [0.15, 0.2) is 36.9 Å². The van der Waals surface area contributed by atoms with Crippen molar-refractivity contribution in [2.45, 2.75) is 32.2 Å². The molecule has 1 aliphatic rings. The van der Waals surface area contributed by atoms with Gasteiger partial charge in [-0.05, 0) is 44.5 Å². The van der Waals surface area contributed by atoms with Gasteiger partial charge in [-0.25, -0.2) is 4.98 Å². The van der Waals surface area contributed by atoms with Gasteiger partial charge in [0.15, 0.2) is 0 Å². The Balaban J connectivity index is 0.00000196. The molecular formula is C18H25Cl2N5O3. The molecule has 0 unspecified atom stereocenters. The van der Waals surface area contributed by atoms with E-state index in [2.05, 4.69) is 10.3 Å². The molecule has 1 aromatic carbocycles. The molecule has 10 heteroatoms. The molecule has 1 N–H and O–H groups in total. The molecule has 0 spiro atoms. The molecule has 3 rings (SSSR count). The molecule has 1 saturated heterocycles. The van der Waals surface area contributed by atoms with Crippen LogP contribution in [-0.2, 0) is 0 Å². The third-order valence-electron chi connectivity index (χ3n) is 4.68. The summed E-state index contributed by atoms with van der Waals surface area (Å²) in [6.45, 7) is 4.46. The monoisotopic (exact) mass is 429 g/mol. The third-order valence-corrected chi connectivity index (χ3v) is 4.68. The molecule has 8 nitrogen and oxygen atoms in total. The fraction of sp³-hybridized carbons (Fsp3) is 0.444. The quantitative estimate of drug-likeness (QED) is 0.561. The van der Waals surface area contributed by atoms with Crippen LogP contribution in [0.5, 0.6) is 0 Å². The molecule has 1 amide bonds. The van der Waals surface area contributed by atoms with Gasteiger partial charge in [-0.3, -0.25) is 14.9 Å². The summed E-state index contributed by atoms with van der Waals surface area (Å²) in [6, 6.07) is 4.83. The van der Waals surface area contributed by atoms with Crippen molar-refractivity contribution in [3.63, 3.8) is 0 Å². The Morgan fingerprint density at radius 2 is 2.07 bits per heavy atom. The lowest BCUT2D eigenvalue weighted by Gasteiger charge is -2.34. The lowest BCUT2D eigenvalue weighted by molar-refractivity contribution is -0.384. The Labute approximate surface area is 176 Å². The molecule has 0 aliphatic carbocycles. The van der Waals surface area contributed by atoms with Crippen molar-refractivity contribution in [2.75, 3.05) is 19.6 Å². The van der Waals surface area contributed by atoms with Crippen LogP contribution in [0.3, 0.4) is 0 Å². The summed E-state index contributed by atoms with van der Waals surface area (Å²) >= 11 is 0. The smallest absolute Gasteiger partial charge is 0.294 e.